The lowest BCUT2D eigenvalue weighted by Crippen LogP contribution is -2.34. The van der Waals surface area contributed by atoms with Crippen molar-refractivity contribution in [2.24, 2.45) is 5.92 Å². The maximum atomic E-state index is 13.5. The molecule has 2 N–H and O–H groups in total. The van der Waals surface area contributed by atoms with E-state index in [1.807, 2.05) is 4.90 Å². The van der Waals surface area contributed by atoms with Gasteiger partial charge in [0.2, 0.25) is 5.91 Å². The molecule has 2 fully saturated rings. The molecule has 38 heavy (non-hydrogen) atoms. The number of carbonyl (C=O) groups is 2. The fraction of sp³-hybridized carbons (Fsp3) is 0.542. The molecule has 2 heterocycles. The Balaban J connectivity index is 1.70. The number of carboxylic acid groups (broad SMARTS) is 1. The summed E-state index contributed by atoms with van der Waals surface area (Å²) in [4.78, 5) is 27.1. The Morgan fingerprint density at radius 1 is 1.18 bits per heavy atom. The van der Waals surface area contributed by atoms with Crippen LogP contribution in [0.3, 0.4) is 0 Å². The number of aromatic carboxylic acids is 1. The van der Waals surface area contributed by atoms with E-state index in [4.69, 9.17) is 11.6 Å². The van der Waals surface area contributed by atoms with Crippen LogP contribution in [-0.2, 0) is 11.0 Å². The molecule has 2 aromatic rings. The number of amides is 1. The fourth-order valence-electron chi connectivity index (χ4n) is 4.73. The first-order chi connectivity index (χ1) is 17.7. The highest BCUT2D eigenvalue weighted by molar-refractivity contribution is 6.32. The molecule has 1 aromatic heterocycles. The molecule has 0 radical (unpaired) electrons. The van der Waals surface area contributed by atoms with E-state index < -0.39 is 53.3 Å². The summed E-state index contributed by atoms with van der Waals surface area (Å²) in [6.07, 6.45) is -9.16. The molecule has 2 atom stereocenters. The summed E-state index contributed by atoms with van der Waals surface area (Å²) in [7, 11) is 0. The number of hydrogen-bond acceptors (Lipinski definition) is 4. The summed E-state index contributed by atoms with van der Waals surface area (Å²) in [5, 5.41) is 14.4. The Morgan fingerprint density at radius 2 is 1.87 bits per heavy atom. The van der Waals surface area contributed by atoms with Crippen LogP contribution in [-0.4, -0.2) is 46.0 Å². The normalized spacial score (nSPS) is 19.4. The minimum atomic E-state index is -5.05. The maximum Gasteiger partial charge on any atom is 0.436 e. The summed E-state index contributed by atoms with van der Waals surface area (Å²) >= 11 is 5.90. The Morgan fingerprint density at radius 3 is 2.42 bits per heavy atom. The number of nitrogens with zero attached hydrogens (tertiary/aromatic N) is 3. The molecule has 1 aromatic carbocycles. The van der Waals surface area contributed by atoms with Crippen LogP contribution < -0.4 is 10.2 Å². The molecule has 1 saturated heterocycles. The van der Waals surface area contributed by atoms with Crippen molar-refractivity contribution < 1.29 is 41.0 Å². The number of nitrogens with one attached hydrogen (secondary N) is 1. The molecule has 14 heteroatoms. The van der Waals surface area contributed by atoms with Gasteiger partial charge >= 0.3 is 18.3 Å². The van der Waals surface area contributed by atoms with Gasteiger partial charge in [-0.15, -0.1) is 0 Å². The van der Waals surface area contributed by atoms with E-state index in [1.165, 1.54) is 12.1 Å². The largest absolute Gasteiger partial charge is 0.478 e. The zero-order valence-electron chi connectivity index (χ0n) is 20.2. The number of piperidine rings is 1. The van der Waals surface area contributed by atoms with Crippen LogP contribution in [0.2, 0.25) is 5.02 Å². The number of aromatic nitrogens is 2. The second-order valence-electron chi connectivity index (χ2n) is 9.82. The Bertz CT molecular complexity index is 1220. The second-order valence-corrected chi connectivity index (χ2v) is 10.2. The SMILES string of the molecule is C[C@@H]1CCCN(c2ccc(NC(=O)[C@H](CC(F)(F)F)n3nc(C(F)(F)F)c(Cl)c3C3CC3)c(C(=O)O)c2)C1. The third-order valence-corrected chi connectivity index (χ3v) is 7.03. The summed E-state index contributed by atoms with van der Waals surface area (Å²) in [6, 6.07) is 1.88. The smallest absolute Gasteiger partial charge is 0.436 e. The zero-order valence-corrected chi connectivity index (χ0v) is 20.9. The molecule has 7 nitrogen and oxygen atoms in total. The van der Waals surface area contributed by atoms with Gasteiger partial charge in [0.1, 0.15) is 6.04 Å². The van der Waals surface area contributed by atoms with Crippen LogP contribution in [0.15, 0.2) is 18.2 Å². The number of halogens is 7. The molecule has 0 spiro atoms. The van der Waals surface area contributed by atoms with Gasteiger partial charge in [-0.05, 0) is 49.8 Å². The van der Waals surface area contributed by atoms with Crippen LogP contribution in [0.1, 0.15) is 72.7 Å². The molecule has 0 unspecified atom stereocenters. The summed E-state index contributed by atoms with van der Waals surface area (Å²) in [5.41, 5.74) is -1.95. The fourth-order valence-corrected chi connectivity index (χ4v) is 5.12. The lowest BCUT2D eigenvalue weighted by molar-refractivity contribution is -0.152. The lowest BCUT2D eigenvalue weighted by atomic mass is 9.99. The first-order valence-corrected chi connectivity index (χ1v) is 12.4. The van der Waals surface area contributed by atoms with Crippen molar-refractivity contribution in [2.75, 3.05) is 23.3 Å². The molecular formula is C24H25ClF6N4O3. The second kappa shape index (κ2) is 10.3. The Hall–Kier alpha value is -2.96. The number of anilines is 2. The van der Waals surface area contributed by atoms with Crippen molar-refractivity contribution in [1.82, 2.24) is 9.78 Å². The molecule has 1 amide bonds. The van der Waals surface area contributed by atoms with E-state index in [9.17, 15) is 41.0 Å². The van der Waals surface area contributed by atoms with Crippen molar-refractivity contribution in [3.05, 3.63) is 40.2 Å². The van der Waals surface area contributed by atoms with Gasteiger partial charge in [0, 0.05) is 24.7 Å². The van der Waals surface area contributed by atoms with Gasteiger partial charge in [0.15, 0.2) is 5.69 Å². The van der Waals surface area contributed by atoms with E-state index in [-0.39, 0.29) is 16.9 Å². The third-order valence-electron chi connectivity index (χ3n) is 6.66. The van der Waals surface area contributed by atoms with Gasteiger partial charge in [0.05, 0.1) is 28.4 Å². The minimum Gasteiger partial charge on any atom is -0.478 e. The van der Waals surface area contributed by atoms with Crippen molar-refractivity contribution in [1.29, 1.82) is 0 Å². The molecule has 208 valence electrons. The standard InChI is InChI=1S/C24H25ClF6N4O3/c1-12-3-2-8-34(11-12)14-6-7-16(15(9-14)22(37)38)32-21(36)17(10-23(26,27)28)35-19(13-4-5-13)18(25)20(33-35)24(29,30)31/h6-7,9,12-13,17H,2-5,8,10-11H2,1H3,(H,32,36)(H,37,38)/t12-,17+/m1/s1. The predicted molar refractivity (Wildman–Crippen MR) is 127 cm³/mol. The minimum absolute atomic E-state index is 0.286. The van der Waals surface area contributed by atoms with Gasteiger partial charge in [-0.3, -0.25) is 9.48 Å². The lowest BCUT2D eigenvalue weighted by Gasteiger charge is -2.33. The molecule has 1 aliphatic heterocycles. The van der Waals surface area contributed by atoms with Gasteiger partial charge in [0.25, 0.3) is 0 Å². The quantitative estimate of drug-likeness (QED) is 0.374. The number of rotatable bonds is 7. The van der Waals surface area contributed by atoms with Crippen LogP contribution in [0, 0.1) is 5.92 Å². The molecule has 2 aliphatic rings. The zero-order chi connectivity index (χ0) is 28.0. The number of carboxylic acids is 1. The van der Waals surface area contributed by atoms with E-state index in [1.54, 1.807) is 6.07 Å². The van der Waals surface area contributed by atoms with Crippen LogP contribution in [0.5, 0.6) is 0 Å². The number of hydrogen-bond donors (Lipinski definition) is 2. The van der Waals surface area contributed by atoms with Crippen molar-refractivity contribution in [3.63, 3.8) is 0 Å². The molecule has 4 rings (SSSR count). The molecule has 1 aliphatic carbocycles. The molecule has 0 bridgehead atoms. The highest BCUT2D eigenvalue weighted by Crippen LogP contribution is 2.48. The van der Waals surface area contributed by atoms with Crippen LogP contribution >= 0.6 is 11.6 Å². The average Bonchev–Trinajstić information content (AvgIpc) is 3.58. The third kappa shape index (κ3) is 6.19. The maximum absolute atomic E-state index is 13.5. The van der Waals surface area contributed by atoms with Gasteiger partial charge in [-0.2, -0.15) is 31.4 Å². The number of carbonyl (C=O) groups excluding carboxylic acids is 1. The van der Waals surface area contributed by atoms with E-state index >= 15 is 0 Å². The van der Waals surface area contributed by atoms with E-state index in [0.717, 1.165) is 12.8 Å². The predicted octanol–water partition coefficient (Wildman–Crippen LogP) is 6.50. The van der Waals surface area contributed by atoms with Crippen LogP contribution in [0.25, 0.3) is 0 Å². The molecular weight excluding hydrogens is 542 g/mol. The van der Waals surface area contributed by atoms with Crippen molar-refractivity contribution in [2.45, 2.75) is 63.3 Å². The highest BCUT2D eigenvalue weighted by atomic mass is 35.5. The van der Waals surface area contributed by atoms with Crippen LogP contribution in [0.4, 0.5) is 37.7 Å². The number of alkyl halides is 6. The first kappa shape index (κ1) is 28.1. The van der Waals surface area contributed by atoms with Gasteiger partial charge < -0.3 is 15.3 Å². The summed E-state index contributed by atoms with van der Waals surface area (Å²) in [6.45, 7) is 3.43. The monoisotopic (exact) mass is 566 g/mol. The first-order valence-electron chi connectivity index (χ1n) is 12.0. The topological polar surface area (TPSA) is 87.5 Å². The Labute approximate surface area is 218 Å². The van der Waals surface area contributed by atoms with Gasteiger partial charge in [-0.1, -0.05) is 18.5 Å². The van der Waals surface area contributed by atoms with E-state index in [2.05, 4.69) is 17.3 Å². The Kier molecular flexibility index (Phi) is 7.61. The summed E-state index contributed by atoms with van der Waals surface area (Å²) < 4.78 is 81.3. The molecule has 1 saturated carbocycles. The number of benzene rings is 1. The van der Waals surface area contributed by atoms with Crippen molar-refractivity contribution in [3.8, 4) is 0 Å². The average molecular weight is 567 g/mol. The highest BCUT2D eigenvalue weighted by Gasteiger charge is 2.46. The van der Waals surface area contributed by atoms with Crippen molar-refractivity contribution >= 4 is 34.9 Å². The van der Waals surface area contributed by atoms with E-state index in [0.29, 0.717) is 42.2 Å². The summed E-state index contributed by atoms with van der Waals surface area (Å²) in [5.74, 6) is -2.99. The van der Waals surface area contributed by atoms with Gasteiger partial charge in [-0.25, -0.2) is 4.79 Å².